The Morgan fingerprint density at radius 1 is 1.16 bits per heavy atom. The van der Waals surface area contributed by atoms with E-state index in [4.69, 9.17) is 11.5 Å². The van der Waals surface area contributed by atoms with Gasteiger partial charge in [0.2, 0.25) is 16.0 Å². The molecule has 0 radical (unpaired) electrons. The van der Waals surface area contributed by atoms with Crippen molar-refractivity contribution in [2.45, 2.75) is 36.7 Å². The molecule has 14 heteroatoms. The monoisotopic (exact) mass is 457 g/mol. The van der Waals surface area contributed by atoms with Gasteiger partial charge in [-0.2, -0.15) is 14.3 Å². The van der Waals surface area contributed by atoms with Crippen LogP contribution in [-0.2, 0) is 16.6 Å². The predicted molar refractivity (Wildman–Crippen MR) is 104 cm³/mol. The third kappa shape index (κ3) is 4.20. The van der Waals surface area contributed by atoms with E-state index in [0.29, 0.717) is 24.0 Å². The third-order valence-electron chi connectivity index (χ3n) is 4.90. The number of hydrogen-bond donors (Lipinski definition) is 2. The summed E-state index contributed by atoms with van der Waals surface area (Å²) in [5.74, 6) is -0.397. The number of fused-ring (bicyclic) bond motifs is 1. The van der Waals surface area contributed by atoms with Crippen molar-refractivity contribution in [1.82, 2.24) is 23.8 Å². The van der Waals surface area contributed by atoms with Gasteiger partial charge in [-0.25, -0.2) is 13.4 Å². The number of benzene rings is 1. The van der Waals surface area contributed by atoms with Crippen LogP contribution < -0.4 is 16.2 Å². The van der Waals surface area contributed by atoms with Crippen LogP contribution in [0.5, 0.6) is 5.75 Å². The van der Waals surface area contributed by atoms with Crippen LogP contribution in [0.1, 0.15) is 12.8 Å². The maximum Gasteiger partial charge on any atom is 0.573 e. The Labute approximate surface area is 174 Å². The topological polar surface area (TPSA) is 142 Å². The van der Waals surface area contributed by atoms with Crippen molar-refractivity contribution in [2.75, 3.05) is 18.0 Å². The number of halogens is 3. The second-order valence-electron chi connectivity index (χ2n) is 6.97. The van der Waals surface area contributed by atoms with Crippen LogP contribution >= 0.6 is 0 Å². The number of nitrogens with two attached hydrogens (primary N) is 2. The lowest BCUT2D eigenvalue weighted by atomic mass is 10.2. The van der Waals surface area contributed by atoms with Crippen molar-refractivity contribution in [1.29, 1.82) is 0 Å². The lowest BCUT2D eigenvalue weighted by Gasteiger charge is -2.24. The molecule has 2 aromatic heterocycles. The molecule has 4 rings (SSSR count). The van der Waals surface area contributed by atoms with Gasteiger partial charge in [0.25, 0.3) is 0 Å². The number of imidazole rings is 1. The van der Waals surface area contributed by atoms with Crippen LogP contribution in [0.15, 0.2) is 35.5 Å². The highest BCUT2D eigenvalue weighted by Crippen LogP contribution is 2.30. The molecule has 10 nitrogen and oxygen atoms in total. The number of aromatic nitrogens is 4. The Morgan fingerprint density at radius 2 is 1.87 bits per heavy atom. The van der Waals surface area contributed by atoms with Gasteiger partial charge < -0.3 is 20.8 Å². The first kappa shape index (κ1) is 21.1. The number of hydrogen-bond acceptors (Lipinski definition) is 8. The predicted octanol–water partition coefficient (Wildman–Crippen LogP) is 1.74. The molecule has 31 heavy (non-hydrogen) atoms. The molecule has 0 amide bonds. The van der Waals surface area contributed by atoms with E-state index in [-0.39, 0.29) is 29.8 Å². The van der Waals surface area contributed by atoms with E-state index in [9.17, 15) is 21.6 Å². The minimum absolute atomic E-state index is 0.0242. The fourth-order valence-corrected chi connectivity index (χ4v) is 5.29. The van der Waals surface area contributed by atoms with Crippen molar-refractivity contribution in [3.05, 3.63) is 30.6 Å². The highest BCUT2D eigenvalue weighted by Gasteiger charge is 2.36. The van der Waals surface area contributed by atoms with E-state index >= 15 is 0 Å². The SMILES string of the molecule is Nc1nc(N)c2ncn(CC3CCCN3S(=O)(=O)c3ccc(OC(F)(F)F)cc3)c2n1. The summed E-state index contributed by atoms with van der Waals surface area (Å²) in [5.41, 5.74) is 12.2. The molecule has 0 spiro atoms. The van der Waals surface area contributed by atoms with Gasteiger partial charge in [-0.1, -0.05) is 0 Å². The lowest BCUT2D eigenvalue weighted by Crippen LogP contribution is -2.38. The van der Waals surface area contributed by atoms with Crippen LogP contribution in [0.4, 0.5) is 24.9 Å². The molecule has 0 aliphatic carbocycles. The smallest absolute Gasteiger partial charge is 0.406 e. The molecule has 4 N–H and O–H groups in total. The summed E-state index contributed by atoms with van der Waals surface area (Å²) < 4.78 is 70.0. The van der Waals surface area contributed by atoms with Gasteiger partial charge in [0.1, 0.15) is 11.3 Å². The molecule has 0 bridgehead atoms. The Balaban J connectivity index is 1.58. The van der Waals surface area contributed by atoms with Crippen LogP contribution in [0.3, 0.4) is 0 Å². The zero-order valence-corrected chi connectivity index (χ0v) is 16.8. The van der Waals surface area contributed by atoms with Crippen molar-refractivity contribution < 1.29 is 26.3 Å². The van der Waals surface area contributed by atoms with Gasteiger partial charge in [-0.15, -0.1) is 13.2 Å². The van der Waals surface area contributed by atoms with Crippen molar-refractivity contribution in [3.8, 4) is 5.75 Å². The molecular weight excluding hydrogens is 439 g/mol. The molecule has 1 fully saturated rings. The maximum atomic E-state index is 13.1. The quantitative estimate of drug-likeness (QED) is 0.590. The van der Waals surface area contributed by atoms with Crippen LogP contribution in [-0.4, -0.2) is 51.2 Å². The zero-order valence-electron chi connectivity index (χ0n) is 16.0. The molecule has 1 unspecified atom stereocenters. The van der Waals surface area contributed by atoms with Gasteiger partial charge in [0.05, 0.1) is 11.2 Å². The van der Waals surface area contributed by atoms with Crippen LogP contribution in [0, 0.1) is 0 Å². The Hall–Kier alpha value is -3.13. The highest BCUT2D eigenvalue weighted by atomic mass is 32.2. The second kappa shape index (κ2) is 7.53. The maximum absolute atomic E-state index is 13.1. The normalized spacial score (nSPS) is 18.0. The van der Waals surface area contributed by atoms with E-state index in [2.05, 4.69) is 19.7 Å². The number of rotatable bonds is 5. The Kier molecular flexibility index (Phi) is 5.13. The second-order valence-corrected chi connectivity index (χ2v) is 8.86. The largest absolute Gasteiger partial charge is 0.573 e. The number of sulfonamides is 1. The van der Waals surface area contributed by atoms with Gasteiger partial charge >= 0.3 is 6.36 Å². The number of nitrogen functional groups attached to an aromatic ring is 2. The average molecular weight is 457 g/mol. The summed E-state index contributed by atoms with van der Waals surface area (Å²) >= 11 is 0. The molecule has 1 aromatic carbocycles. The summed E-state index contributed by atoms with van der Waals surface area (Å²) in [6.07, 6.45) is -2.15. The van der Waals surface area contributed by atoms with E-state index in [1.807, 2.05) is 0 Å². The van der Waals surface area contributed by atoms with E-state index in [1.54, 1.807) is 4.57 Å². The standard InChI is InChI=1S/C17H18F3N7O3S/c18-17(19,20)30-11-3-5-12(6-4-11)31(28,29)27-7-1-2-10(27)8-26-9-23-13-14(21)24-16(22)25-15(13)26/h3-6,9-10H,1-2,7-8H2,(H4,21,22,24,25). The van der Waals surface area contributed by atoms with Crippen molar-refractivity contribution in [3.63, 3.8) is 0 Å². The first-order chi connectivity index (χ1) is 14.5. The molecule has 166 valence electrons. The average Bonchev–Trinajstić information content (AvgIpc) is 3.29. The summed E-state index contributed by atoms with van der Waals surface area (Å²) in [6.45, 7) is 0.528. The molecule has 1 aliphatic rings. The van der Waals surface area contributed by atoms with Gasteiger partial charge in [-0.05, 0) is 37.1 Å². The Bertz CT molecular complexity index is 1210. The lowest BCUT2D eigenvalue weighted by molar-refractivity contribution is -0.274. The molecule has 0 saturated carbocycles. The molecule has 1 atom stereocenters. The molecule has 1 aliphatic heterocycles. The van der Waals surface area contributed by atoms with Gasteiger partial charge in [0, 0.05) is 19.1 Å². The number of alkyl halides is 3. The van der Waals surface area contributed by atoms with Gasteiger partial charge in [0.15, 0.2) is 11.5 Å². The first-order valence-electron chi connectivity index (χ1n) is 9.16. The number of nitrogens with zero attached hydrogens (tertiary/aromatic N) is 5. The first-order valence-corrected chi connectivity index (χ1v) is 10.6. The fraction of sp³-hybridized carbons (Fsp3) is 0.353. The minimum atomic E-state index is -4.86. The minimum Gasteiger partial charge on any atom is -0.406 e. The molecule has 3 aromatic rings. The van der Waals surface area contributed by atoms with Crippen LogP contribution in [0.25, 0.3) is 11.2 Å². The summed E-state index contributed by atoms with van der Waals surface area (Å²) in [4.78, 5) is 12.0. The summed E-state index contributed by atoms with van der Waals surface area (Å²) in [5, 5.41) is 0. The van der Waals surface area contributed by atoms with E-state index in [1.165, 1.54) is 10.6 Å². The number of anilines is 2. The highest BCUT2D eigenvalue weighted by molar-refractivity contribution is 7.89. The van der Waals surface area contributed by atoms with E-state index < -0.39 is 28.2 Å². The summed E-state index contributed by atoms with van der Waals surface area (Å²) in [6, 6.07) is 3.71. The van der Waals surface area contributed by atoms with Gasteiger partial charge in [-0.3, -0.25) is 0 Å². The number of ether oxygens (including phenoxy) is 1. The molecule has 3 heterocycles. The Morgan fingerprint density at radius 3 is 2.55 bits per heavy atom. The third-order valence-corrected chi connectivity index (χ3v) is 6.87. The van der Waals surface area contributed by atoms with E-state index in [0.717, 1.165) is 24.3 Å². The molecule has 1 saturated heterocycles. The zero-order chi connectivity index (χ0) is 22.4. The summed E-state index contributed by atoms with van der Waals surface area (Å²) in [7, 11) is -3.94. The van der Waals surface area contributed by atoms with Crippen molar-refractivity contribution >= 4 is 33.0 Å². The molecular formula is C17H18F3N7O3S. The fourth-order valence-electron chi connectivity index (χ4n) is 3.60. The van der Waals surface area contributed by atoms with Crippen molar-refractivity contribution in [2.24, 2.45) is 0 Å². The van der Waals surface area contributed by atoms with Crippen LogP contribution in [0.2, 0.25) is 0 Å².